The maximum Gasteiger partial charge on any atom is 0.472 e. The van der Waals surface area contributed by atoms with Gasteiger partial charge in [0.15, 0.2) is 12.2 Å². The van der Waals surface area contributed by atoms with Crippen LogP contribution in [0.1, 0.15) is 355 Å². The van der Waals surface area contributed by atoms with E-state index in [2.05, 4.69) is 27.7 Å². The van der Waals surface area contributed by atoms with Crippen molar-refractivity contribution < 1.29 is 80.2 Å². The van der Waals surface area contributed by atoms with Crippen molar-refractivity contribution >= 4 is 39.5 Å². The first-order valence-electron chi connectivity index (χ1n) is 35.8. The van der Waals surface area contributed by atoms with Crippen molar-refractivity contribution in [2.24, 2.45) is 0 Å². The number of ether oxygens (including phenoxy) is 4. The normalized spacial score (nSPS) is 14.1. The van der Waals surface area contributed by atoms with Crippen molar-refractivity contribution in [3.05, 3.63) is 0 Å². The molecule has 0 aromatic rings. The van der Waals surface area contributed by atoms with E-state index in [1.807, 2.05) is 0 Å². The van der Waals surface area contributed by atoms with Gasteiger partial charge < -0.3 is 33.8 Å². The number of aliphatic hydroxyl groups excluding tert-OH is 1. The highest BCUT2D eigenvalue weighted by molar-refractivity contribution is 7.47. The SMILES string of the molecule is CCCCCCCCCCCCCCCCCCCCCCC(=O)O[C@H](COC(=O)CCCCCCCCCCCCC)COP(=O)(O)OC[C@@H](O)COP(=O)(O)OC[C@@H](COC(=O)CCCCCCCCCC)OC(=O)CCCCCCCCCC. The van der Waals surface area contributed by atoms with E-state index in [9.17, 15) is 43.2 Å². The number of hydrogen-bond donors (Lipinski definition) is 3. The summed E-state index contributed by atoms with van der Waals surface area (Å²) in [6.45, 7) is 4.87. The van der Waals surface area contributed by atoms with Crippen LogP contribution >= 0.6 is 15.6 Å². The van der Waals surface area contributed by atoms with Gasteiger partial charge in [0, 0.05) is 25.7 Å². The lowest BCUT2D eigenvalue weighted by molar-refractivity contribution is -0.161. The predicted molar refractivity (Wildman–Crippen MR) is 349 cm³/mol. The van der Waals surface area contributed by atoms with E-state index in [-0.39, 0.29) is 25.7 Å². The molecule has 0 heterocycles. The number of rotatable bonds is 69. The summed E-state index contributed by atoms with van der Waals surface area (Å²) >= 11 is 0. The van der Waals surface area contributed by atoms with Crippen LogP contribution in [0.5, 0.6) is 0 Å². The van der Waals surface area contributed by atoms with Crippen LogP contribution in [-0.2, 0) is 65.4 Å². The van der Waals surface area contributed by atoms with E-state index in [1.54, 1.807) is 0 Å². The molecule has 0 aromatic heterocycles. The Hall–Kier alpha value is -1.94. The molecular formula is C68H132O17P2. The molecule has 0 bridgehead atoms. The van der Waals surface area contributed by atoms with Crippen molar-refractivity contribution in [3.8, 4) is 0 Å². The van der Waals surface area contributed by atoms with E-state index in [0.717, 1.165) is 103 Å². The molecule has 0 radical (unpaired) electrons. The van der Waals surface area contributed by atoms with Crippen LogP contribution < -0.4 is 0 Å². The number of aliphatic hydroxyl groups is 1. The minimum Gasteiger partial charge on any atom is -0.462 e. The molecule has 2 unspecified atom stereocenters. The van der Waals surface area contributed by atoms with Crippen LogP contribution in [0.2, 0.25) is 0 Å². The molecule has 19 heteroatoms. The highest BCUT2D eigenvalue weighted by Gasteiger charge is 2.30. The number of unbranched alkanes of at least 4 members (excludes halogenated alkanes) is 43. The van der Waals surface area contributed by atoms with Gasteiger partial charge in [0.2, 0.25) is 0 Å². The minimum atomic E-state index is -4.95. The molecule has 0 spiro atoms. The molecule has 3 N–H and O–H groups in total. The molecule has 0 aliphatic carbocycles. The van der Waals surface area contributed by atoms with E-state index < -0.39 is 97.5 Å². The van der Waals surface area contributed by atoms with Crippen LogP contribution in [0, 0.1) is 0 Å². The van der Waals surface area contributed by atoms with Crippen LogP contribution in [0.15, 0.2) is 0 Å². The smallest absolute Gasteiger partial charge is 0.462 e. The molecular weight excluding hydrogens is 1150 g/mol. The number of esters is 4. The molecule has 516 valence electrons. The van der Waals surface area contributed by atoms with Crippen molar-refractivity contribution in [1.82, 2.24) is 0 Å². The average molecular weight is 1280 g/mol. The molecule has 0 rings (SSSR count). The Bertz CT molecular complexity index is 1670. The maximum absolute atomic E-state index is 13.0. The molecule has 0 aliphatic heterocycles. The standard InChI is InChI=1S/C68H132O17P2/c1-5-9-13-17-21-25-27-28-29-30-31-32-33-34-35-37-39-43-47-51-55-68(73)85-64(59-79-66(71)53-49-45-42-38-36-26-22-18-14-10-6-2)61-83-87(76,77)81-57-62(69)56-80-86(74,75)82-60-63(84-67(72)54-50-46-41-24-20-16-12-8-4)58-78-65(70)52-48-44-40-23-19-15-11-7-3/h62-64,69H,5-61H2,1-4H3,(H,74,75)(H,76,77)/t62-,63+,64+/m0/s1. The summed E-state index contributed by atoms with van der Waals surface area (Å²) in [5, 5.41) is 10.5. The second kappa shape index (κ2) is 62.8. The Morgan fingerprint density at radius 1 is 0.276 bits per heavy atom. The molecule has 0 aromatic carbocycles. The molecule has 87 heavy (non-hydrogen) atoms. The summed E-state index contributed by atoms with van der Waals surface area (Å²) in [5.41, 5.74) is 0. The van der Waals surface area contributed by atoms with Crippen LogP contribution in [0.3, 0.4) is 0 Å². The number of carbonyl (C=O) groups is 4. The zero-order chi connectivity index (χ0) is 64.0. The number of phosphoric ester groups is 2. The van der Waals surface area contributed by atoms with Crippen molar-refractivity contribution in [3.63, 3.8) is 0 Å². The van der Waals surface area contributed by atoms with Gasteiger partial charge in [0.1, 0.15) is 19.3 Å². The van der Waals surface area contributed by atoms with Crippen molar-refractivity contribution in [1.29, 1.82) is 0 Å². The lowest BCUT2D eigenvalue weighted by atomic mass is 10.0. The van der Waals surface area contributed by atoms with Gasteiger partial charge in [-0.3, -0.25) is 37.3 Å². The molecule has 0 amide bonds. The Kier molecular flexibility index (Phi) is 61.4. The second-order valence-corrected chi connectivity index (χ2v) is 27.5. The van der Waals surface area contributed by atoms with Gasteiger partial charge in [0.05, 0.1) is 26.4 Å². The largest absolute Gasteiger partial charge is 0.472 e. The highest BCUT2D eigenvalue weighted by Crippen LogP contribution is 2.45. The monoisotopic (exact) mass is 1280 g/mol. The summed E-state index contributed by atoms with van der Waals surface area (Å²) in [6, 6.07) is 0. The molecule has 17 nitrogen and oxygen atoms in total. The first-order valence-corrected chi connectivity index (χ1v) is 38.8. The van der Waals surface area contributed by atoms with Gasteiger partial charge in [-0.25, -0.2) is 9.13 Å². The third-order valence-electron chi connectivity index (χ3n) is 15.9. The number of carbonyl (C=O) groups excluding carboxylic acids is 4. The average Bonchev–Trinajstić information content (AvgIpc) is 3.66. The zero-order valence-corrected chi connectivity index (χ0v) is 57.8. The predicted octanol–water partition coefficient (Wildman–Crippen LogP) is 19.5. The summed E-state index contributed by atoms with van der Waals surface area (Å²) in [6.07, 6.45) is 50.2. The van der Waals surface area contributed by atoms with E-state index in [4.69, 9.17) is 37.0 Å². The summed E-state index contributed by atoms with van der Waals surface area (Å²) in [4.78, 5) is 72.2. The van der Waals surface area contributed by atoms with Gasteiger partial charge in [-0.2, -0.15) is 0 Å². The number of phosphoric acid groups is 2. The summed E-state index contributed by atoms with van der Waals surface area (Å²) < 4.78 is 68.0. The fourth-order valence-electron chi connectivity index (χ4n) is 10.3. The fourth-order valence-corrected chi connectivity index (χ4v) is 11.9. The Morgan fingerprint density at radius 3 is 0.678 bits per heavy atom. The zero-order valence-electron chi connectivity index (χ0n) is 56.0. The van der Waals surface area contributed by atoms with Crippen molar-refractivity contribution in [2.75, 3.05) is 39.6 Å². The molecule has 0 fully saturated rings. The van der Waals surface area contributed by atoms with E-state index in [1.165, 1.54) is 173 Å². The second-order valence-electron chi connectivity index (χ2n) is 24.6. The molecule has 0 aliphatic rings. The topological polar surface area (TPSA) is 237 Å². The highest BCUT2D eigenvalue weighted by atomic mass is 31.2. The Balaban J connectivity index is 5.13. The Labute approximate surface area is 530 Å². The minimum absolute atomic E-state index is 0.105. The van der Waals surface area contributed by atoms with Crippen molar-refractivity contribution in [2.45, 2.75) is 373 Å². The number of hydrogen-bond acceptors (Lipinski definition) is 15. The van der Waals surface area contributed by atoms with Gasteiger partial charge >= 0.3 is 39.5 Å². The van der Waals surface area contributed by atoms with Gasteiger partial charge in [0.25, 0.3) is 0 Å². The van der Waals surface area contributed by atoms with Crippen LogP contribution in [-0.4, -0.2) is 96.7 Å². The summed E-state index contributed by atoms with van der Waals surface area (Å²) in [5.74, 6) is -2.13. The third kappa shape index (κ3) is 62.6. The molecule has 0 saturated heterocycles. The van der Waals surface area contributed by atoms with Gasteiger partial charge in [-0.15, -0.1) is 0 Å². The first-order chi connectivity index (χ1) is 42.2. The quantitative estimate of drug-likeness (QED) is 0.0222. The molecule has 5 atom stereocenters. The third-order valence-corrected chi connectivity index (χ3v) is 17.8. The lowest BCUT2D eigenvalue weighted by Gasteiger charge is -2.21. The van der Waals surface area contributed by atoms with Gasteiger partial charge in [-0.1, -0.05) is 304 Å². The van der Waals surface area contributed by atoms with E-state index >= 15 is 0 Å². The Morgan fingerprint density at radius 2 is 0.460 bits per heavy atom. The lowest BCUT2D eigenvalue weighted by Crippen LogP contribution is -2.30. The molecule has 0 saturated carbocycles. The first kappa shape index (κ1) is 85.1. The summed E-state index contributed by atoms with van der Waals surface area (Å²) in [7, 11) is -9.88. The maximum atomic E-state index is 13.0. The van der Waals surface area contributed by atoms with Crippen LogP contribution in [0.25, 0.3) is 0 Å². The van der Waals surface area contributed by atoms with E-state index in [0.29, 0.717) is 25.7 Å². The van der Waals surface area contributed by atoms with Crippen LogP contribution in [0.4, 0.5) is 0 Å². The fraction of sp³-hybridized carbons (Fsp3) is 0.941. The van der Waals surface area contributed by atoms with Gasteiger partial charge in [-0.05, 0) is 25.7 Å².